The molecule has 13 heavy (non-hydrogen) atoms. The molecule has 0 aromatic heterocycles. The Morgan fingerprint density at radius 3 is 2.38 bits per heavy atom. The lowest BCUT2D eigenvalue weighted by molar-refractivity contribution is 0.376. The van der Waals surface area contributed by atoms with Crippen molar-refractivity contribution in [1.29, 1.82) is 0 Å². The maximum atomic E-state index is 3.80. The van der Waals surface area contributed by atoms with Crippen molar-refractivity contribution >= 4 is 0 Å². The third-order valence-corrected chi connectivity index (χ3v) is 3.51. The minimum Gasteiger partial charge on any atom is -0.311 e. The van der Waals surface area contributed by atoms with E-state index in [0.29, 0.717) is 0 Å². The largest absolute Gasteiger partial charge is 0.311 e. The standard InChI is InChI=1S/C12H23N/c1-3-12(11-6-7-11)13-9(2)8-10-4-5-10/h9-13H,3-8H2,1-2H3. The van der Waals surface area contributed by atoms with E-state index in [9.17, 15) is 0 Å². The summed E-state index contributed by atoms with van der Waals surface area (Å²) in [5.74, 6) is 2.09. The molecule has 2 atom stereocenters. The fourth-order valence-electron chi connectivity index (χ4n) is 2.37. The van der Waals surface area contributed by atoms with E-state index in [1.807, 2.05) is 0 Å². The molecular weight excluding hydrogens is 158 g/mol. The summed E-state index contributed by atoms with van der Waals surface area (Å²) in [5.41, 5.74) is 0. The van der Waals surface area contributed by atoms with Crippen molar-refractivity contribution in [1.82, 2.24) is 5.32 Å². The molecule has 0 saturated heterocycles. The summed E-state index contributed by atoms with van der Waals surface area (Å²) < 4.78 is 0. The van der Waals surface area contributed by atoms with Gasteiger partial charge in [-0.15, -0.1) is 0 Å². The van der Waals surface area contributed by atoms with Crippen molar-refractivity contribution in [3.8, 4) is 0 Å². The van der Waals surface area contributed by atoms with E-state index >= 15 is 0 Å². The maximum absolute atomic E-state index is 3.80. The van der Waals surface area contributed by atoms with Crippen molar-refractivity contribution in [3.63, 3.8) is 0 Å². The van der Waals surface area contributed by atoms with Gasteiger partial charge in [-0.1, -0.05) is 19.8 Å². The Kier molecular flexibility index (Phi) is 2.92. The summed E-state index contributed by atoms with van der Waals surface area (Å²) in [5, 5.41) is 3.80. The van der Waals surface area contributed by atoms with E-state index in [0.717, 1.165) is 23.9 Å². The lowest BCUT2D eigenvalue weighted by Gasteiger charge is -2.21. The summed E-state index contributed by atoms with van der Waals surface area (Å²) in [4.78, 5) is 0. The molecule has 2 unspecified atom stereocenters. The lowest BCUT2D eigenvalue weighted by atomic mass is 10.1. The molecule has 2 saturated carbocycles. The molecule has 0 bridgehead atoms. The molecule has 1 heteroatoms. The maximum Gasteiger partial charge on any atom is 0.00951 e. The summed E-state index contributed by atoms with van der Waals surface area (Å²) in [7, 11) is 0. The average molecular weight is 181 g/mol. The summed E-state index contributed by atoms with van der Waals surface area (Å²) >= 11 is 0. The fraction of sp³-hybridized carbons (Fsp3) is 1.00. The van der Waals surface area contributed by atoms with E-state index < -0.39 is 0 Å². The molecule has 0 spiro atoms. The Morgan fingerprint density at radius 2 is 1.92 bits per heavy atom. The fourth-order valence-corrected chi connectivity index (χ4v) is 2.37. The van der Waals surface area contributed by atoms with Crippen LogP contribution < -0.4 is 5.32 Å². The molecule has 2 aliphatic carbocycles. The normalized spacial score (nSPS) is 27.2. The summed E-state index contributed by atoms with van der Waals surface area (Å²) in [6.07, 6.45) is 8.67. The monoisotopic (exact) mass is 181 g/mol. The van der Waals surface area contributed by atoms with Crippen LogP contribution in [0.5, 0.6) is 0 Å². The van der Waals surface area contributed by atoms with Crippen LogP contribution in [0.25, 0.3) is 0 Å². The zero-order valence-corrected chi connectivity index (χ0v) is 9.05. The molecule has 1 N–H and O–H groups in total. The Balaban J connectivity index is 1.66. The van der Waals surface area contributed by atoms with E-state index in [1.54, 1.807) is 0 Å². The number of rotatable bonds is 6. The van der Waals surface area contributed by atoms with Crippen LogP contribution in [0.15, 0.2) is 0 Å². The molecule has 0 radical (unpaired) electrons. The molecule has 0 heterocycles. The second-order valence-electron chi connectivity index (χ2n) is 5.10. The Bertz CT molecular complexity index is 159. The summed E-state index contributed by atoms with van der Waals surface area (Å²) in [6, 6.07) is 1.59. The molecule has 0 aromatic rings. The Hall–Kier alpha value is -0.0400. The highest BCUT2D eigenvalue weighted by atomic mass is 15.0. The molecule has 76 valence electrons. The van der Waals surface area contributed by atoms with Crippen LogP contribution in [-0.4, -0.2) is 12.1 Å². The Morgan fingerprint density at radius 1 is 1.23 bits per heavy atom. The van der Waals surface area contributed by atoms with Gasteiger partial charge in [0.1, 0.15) is 0 Å². The van der Waals surface area contributed by atoms with Crippen molar-refractivity contribution in [2.45, 2.75) is 64.5 Å². The van der Waals surface area contributed by atoms with Gasteiger partial charge in [0, 0.05) is 12.1 Å². The molecule has 0 aromatic carbocycles. The molecular formula is C12H23N. The van der Waals surface area contributed by atoms with Gasteiger partial charge in [-0.25, -0.2) is 0 Å². The van der Waals surface area contributed by atoms with Crippen molar-refractivity contribution < 1.29 is 0 Å². The topological polar surface area (TPSA) is 12.0 Å². The molecule has 2 aliphatic rings. The predicted molar refractivity (Wildman–Crippen MR) is 56.7 cm³/mol. The Labute approximate surface area is 82.3 Å². The van der Waals surface area contributed by atoms with Crippen LogP contribution >= 0.6 is 0 Å². The molecule has 0 aliphatic heterocycles. The SMILES string of the molecule is CCC(NC(C)CC1CC1)C1CC1. The van der Waals surface area contributed by atoms with Gasteiger partial charge in [-0.05, 0) is 44.4 Å². The zero-order chi connectivity index (χ0) is 9.26. The smallest absolute Gasteiger partial charge is 0.00951 e. The number of hydrogen-bond acceptors (Lipinski definition) is 1. The van der Waals surface area contributed by atoms with Crippen LogP contribution in [0.4, 0.5) is 0 Å². The van der Waals surface area contributed by atoms with Crippen LogP contribution in [0.1, 0.15) is 52.4 Å². The third-order valence-electron chi connectivity index (χ3n) is 3.51. The van der Waals surface area contributed by atoms with Gasteiger partial charge in [0.2, 0.25) is 0 Å². The third kappa shape index (κ3) is 2.98. The molecule has 2 rings (SSSR count). The van der Waals surface area contributed by atoms with Gasteiger partial charge in [0.15, 0.2) is 0 Å². The quantitative estimate of drug-likeness (QED) is 0.664. The van der Waals surface area contributed by atoms with Crippen LogP contribution in [0.3, 0.4) is 0 Å². The number of hydrogen-bond donors (Lipinski definition) is 1. The van der Waals surface area contributed by atoms with Gasteiger partial charge >= 0.3 is 0 Å². The zero-order valence-electron chi connectivity index (χ0n) is 9.05. The first-order valence-electron chi connectivity index (χ1n) is 6.05. The van der Waals surface area contributed by atoms with E-state index in [4.69, 9.17) is 0 Å². The first kappa shape index (κ1) is 9.51. The average Bonchev–Trinajstić information content (AvgIpc) is 2.91. The van der Waals surface area contributed by atoms with E-state index in [2.05, 4.69) is 19.2 Å². The van der Waals surface area contributed by atoms with Gasteiger partial charge in [0.05, 0.1) is 0 Å². The minimum absolute atomic E-state index is 0.762. The first-order chi connectivity index (χ1) is 6.29. The van der Waals surface area contributed by atoms with Crippen LogP contribution in [0, 0.1) is 11.8 Å². The van der Waals surface area contributed by atoms with Gasteiger partial charge < -0.3 is 5.32 Å². The number of nitrogens with one attached hydrogen (secondary N) is 1. The highest BCUT2D eigenvalue weighted by molar-refractivity contribution is 4.88. The lowest BCUT2D eigenvalue weighted by Crippen LogP contribution is -2.37. The minimum atomic E-state index is 0.762. The highest BCUT2D eigenvalue weighted by Crippen LogP contribution is 2.36. The molecule has 1 nitrogen and oxygen atoms in total. The highest BCUT2D eigenvalue weighted by Gasteiger charge is 2.31. The second kappa shape index (κ2) is 4.00. The van der Waals surface area contributed by atoms with Gasteiger partial charge in [-0.2, -0.15) is 0 Å². The van der Waals surface area contributed by atoms with Gasteiger partial charge in [0.25, 0.3) is 0 Å². The van der Waals surface area contributed by atoms with Gasteiger partial charge in [-0.3, -0.25) is 0 Å². The van der Waals surface area contributed by atoms with Crippen molar-refractivity contribution in [2.24, 2.45) is 11.8 Å². The van der Waals surface area contributed by atoms with Crippen molar-refractivity contribution in [2.75, 3.05) is 0 Å². The van der Waals surface area contributed by atoms with E-state index in [-0.39, 0.29) is 0 Å². The van der Waals surface area contributed by atoms with Crippen LogP contribution in [0.2, 0.25) is 0 Å². The van der Waals surface area contributed by atoms with Crippen LogP contribution in [-0.2, 0) is 0 Å². The van der Waals surface area contributed by atoms with E-state index in [1.165, 1.54) is 38.5 Å². The first-order valence-corrected chi connectivity index (χ1v) is 6.05. The van der Waals surface area contributed by atoms with Crippen molar-refractivity contribution in [3.05, 3.63) is 0 Å². The molecule has 0 amide bonds. The summed E-state index contributed by atoms with van der Waals surface area (Å²) in [6.45, 7) is 4.68. The predicted octanol–water partition coefficient (Wildman–Crippen LogP) is 2.95. The molecule has 2 fully saturated rings. The second-order valence-corrected chi connectivity index (χ2v) is 5.10.